The van der Waals surface area contributed by atoms with E-state index >= 15 is 0 Å². The minimum absolute atomic E-state index is 0.223. The Morgan fingerprint density at radius 3 is 2.62 bits per heavy atom. The molecule has 1 nitrogen and oxygen atoms in total. The molecule has 1 heteroatoms. The lowest BCUT2D eigenvalue weighted by atomic mass is 9.54. The normalized spacial score (nSPS) is 55.1. The fraction of sp³-hybridized carbons (Fsp3) is 0.867. The zero-order chi connectivity index (χ0) is 11.6. The molecule has 1 unspecified atom stereocenters. The molecule has 1 aliphatic heterocycles. The van der Waals surface area contributed by atoms with Crippen LogP contribution in [0, 0.1) is 17.3 Å². The van der Waals surface area contributed by atoms with E-state index in [1.54, 1.807) is 0 Å². The molecule has 3 fully saturated rings. The molecule has 2 saturated carbocycles. The number of hydrogen-bond acceptors (Lipinski definition) is 1. The molecule has 0 N–H and O–H groups in total. The quantitative estimate of drug-likeness (QED) is 0.482. The maximum absolute atomic E-state index is 6.00. The van der Waals surface area contributed by atoms with Crippen molar-refractivity contribution in [3.63, 3.8) is 0 Å². The van der Waals surface area contributed by atoms with Gasteiger partial charge in [-0.25, -0.2) is 0 Å². The van der Waals surface area contributed by atoms with Crippen molar-refractivity contribution in [1.29, 1.82) is 0 Å². The Balaban J connectivity index is 1.85. The lowest BCUT2D eigenvalue weighted by Crippen LogP contribution is -2.46. The summed E-state index contributed by atoms with van der Waals surface area (Å²) in [5.41, 5.74) is 2.16. The van der Waals surface area contributed by atoms with Gasteiger partial charge in [0.1, 0.15) is 0 Å². The zero-order valence-electron chi connectivity index (χ0n) is 10.9. The van der Waals surface area contributed by atoms with Crippen molar-refractivity contribution in [1.82, 2.24) is 0 Å². The molecule has 3 rings (SSSR count). The van der Waals surface area contributed by atoms with E-state index in [1.807, 2.05) is 0 Å². The van der Waals surface area contributed by atoms with Crippen molar-refractivity contribution in [2.45, 2.75) is 64.6 Å². The van der Waals surface area contributed by atoms with Crippen LogP contribution in [-0.2, 0) is 4.74 Å². The molecule has 2 aliphatic carbocycles. The Kier molecular flexibility index (Phi) is 2.12. The third-order valence-electron chi connectivity index (χ3n) is 5.77. The highest BCUT2D eigenvalue weighted by molar-refractivity contribution is 5.16. The molecule has 0 aromatic heterocycles. The standard InChI is InChI=1S/C15H24O/c1-10(2)11-5-7-14(3)8-6-13-15(4,16-13)12(14)9-11/h11-13H,1,5-9H2,2-4H3/t11-,12+,13?,14-,15-/m1/s1. The van der Waals surface area contributed by atoms with E-state index in [9.17, 15) is 0 Å². The fourth-order valence-corrected chi connectivity index (χ4v) is 4.42. The minimum Gasteiger partial charge on any atom is -0.366 e. The molecule has 16 heavy (non-hydrogen) atoms. The lowest BCUT2D eigenvalue weighted by molar-refractivity contribution is 0.0173. The zero-order valence-corrected chi connectivity index (χ0v) is 10.9. The molecule has 0 aromatic rings. The van der Waals surface area contributed by atoms with E-state index in [2.05, 4.69) is 27.4 Å². The van der Waals surface area contributed by atoms with Crippen LogP contribution in [0.25, 0.3) is 0 Å². The average Bonchev–Trinajstić information content (AvgIpc) is 2.89. The average molecular weight is 220 g/mol. The van der Waals surface area contributed by atoms with Gasteiger partial charge < -0.3 is 4.74 Å². The second-order valence-corrected chi connectivity index (χ2v) is 6.85. The van der Waals surface area contributed by atoms with Crippen molar-refractivity contribution in [3.8, 4) is 0 Å². The Bertz CT molecular complexity index is 334. The number of fused-ring (bicyclic) bond motifs is 3. The van der Waals surface area contributed by atoms with Crippen LogP contribution >= 0.6 is 0 Å². The summed E-state index contributed by atoms with van der Waals surface area (Å²) < 4.78 is 6.00. The van der Waals surface area contributed by atoms with Crippen LogP contribution < -0.4 is 0 Å². The molecule has 0 bridgehead atoms. The molecule has 1 heterocycles. The van der Waals surface area contributed by atoms with Crippen LogP contribution in [0.2, 0.25) is 0 Å². The molecule has 5 atom stereocenters. The highest BCUT2D eigenvalue weighted by Crippen LogP contribution is 2.63. The number of hydrogen-bond donors (Lipinski definition) is 0. The molecule has 0 spiro atoms. The SMILES string of the molecule is C=C(C)[C@@H]1CC[C@]2(C)CCC3O[C@]3(C)[C@H]2C1. The Morgan fingerprint density at radius 1 is 1.25 bits per heavy atom. The molecule has 3 aliphatic rings. The maximum Gasteiger partial charge on any atom is 0.0953 e. The van der Waals surface area contributed by atoms with Crippen LogP contribution in [0.5, 0.6) is 0 Å². The van der Waals surface area contributed by atoms with Gasteiger partial charge >= 0.3 is 0 Å². The molecular formula is C15H24O. The number of rotatable bonds is 1. The van der Waals surface area contributed by atoms with Crippen LogP contribution in [-0.4, -0.2) is 11.7 Å². The second kappa shape index (κ2) is 3.13. The van der Waals surface area contributed by atoms with E-state index in [4.69, 9.17) is 4.74 Å². The maximum atomic E-state index is 6.00. The van der Waals surface area contributed by atoms with Gasteiger partial charge in [0.15, 0.2) is 0 Å². The summed E-state index contributed by atoms with van der Waals surface area (Å²) in [7, 11) is 0. The summed E-state index contributed by atoms with van der Waals surface area (Å²) in [5, 5.41) is 0. The van der Waals surface area contributed by atoms with Gasteiger partial charge in [0, 0.05) is 0 Å². The predicted molar refractivity (Wildman–Crippen MR) is 66.3 cm³/mol. The monoisotopic (exact) mass is 220 g/mol. The van der Waals surface area contributed by atoms with Crippen molar-refractivity contribution >= 4 is 0 Å². The summed E-state index contributed by atoms with van der Waals surface area (Å²) in [6.45, 7) is 11.2. The first kappa shape index (κ1) is 10.8. The van der Waals surface area contributed by atoms with Crippen LogP contribution in [0.4, 0.5) is 0 Å². The van der Waals surface area contributed by atoms with Crippen molar-refractivity contribution in [2.24, 2.45) is 17.3 Å². The third-order valence-corrected chi connectivity index (χ3v) is 5.77. The van der Waals surface area contributed by atoms with Crippen molar-refractivity contribution in [2.75, 3.05) is 0 Å². The Morgan fingerprint density at radius 2 is 1.94 bits per heavy atom. The summed E-state index contributed by atoms with van der Waals surface area (Å²) in [6, 6.07) is 0. The van der Waals surface area contributed by atoms with Gasteiger partial charge in [-0.15, -0.1) is 0 Å². The number of epoxide rings is 1. The van der Waals surface area contributed by atoms with Crippen molar-refractivity contribution < 1.29 is 4.74 Å². The van der Waals surface area contributed by atoms with Gasteiger partial charge in [0.2, 0.25) is 0 Å². The lowest BCUT2D eigenvalue weighted by Gasteiger charge is -2.49. The first-order valence-electron chi connectivity index (χ1n) is 6.79. The van der Waals surface area contributed by atoms with Gasteiger partial charge in [-0.1, -0.05) is 19.1 Å². The first-order chi connectivity index (χ1) is 7.46. The van der Waals surface area contributed by atoms with Gasteiger partial charge in [0.05, 0.1) is 11.7 Å². The predicted octanol–water partition coefficient (Wildman–Crippen LogP) is 3.94. The van der Waals surface area contributed by atoms with E-state index < -0.39 is 0 Å². The number of allylic oxidation sites excluding steroid dienone is 1. The first-order valence-corrected chi connectivity index (χ1v) is 6.79. The molecule has 0 amide bonds. The summed E-state index contributed by atoms with van der Waals surface area (Å²) in [5.74, 6) is 1.52. The topological polar surface area (TPSA) is 12.5 Å². The third kappa shape index (κ3) is 1.33. The van der Waals surface area contributed by atoms with Gasteiger partial charge in [0.25, 0.3) is 0 Å². The largest absolute Gasteiger partial charge is 0.366 e. The van der Waals surface area contributed by atoms with Crippen LogP contribution in [0.1, 0.15) is 52.9 Å². The Labute approximate surface area is 99.3 Å². The molecular weight excluding hydrogens is 196 g/mol. The highest BCUT2D eigenvalue weighted by Gasteiger charge is 2.65. The molecule has 0 radical (unpaired) electrons. The summed E-state index contributed by atoms with van der Waals surface area (Å²) in [6.07, 6.45) is 7.29. The fourth-order valence-electron chi connectivity index (χ4n) is 4.42. The smallest absolute Gasteiger partial charge is 0.0953 e. The van der Waals surface area contributed by atoms with Crippen LogP contribution in [0.3, 0.4) is 0 Å². The van der Waals surface area contributed by atoms with Gasteiger partial charge in [-0.2, -0.15) is 0 Å². The minimum atomic E-state index is 0.223. The highest BCUT2D eigenvalue weighted by atomic mass is 16.6. The van der Waals surface area contributed by atoms with Gasteiger partial charge in [-0.05, 0) is 63.2 Å². The summed E-state index contributed by atoms with van der Waals surface area (Å²) >= 11 is 0. The molecule has 1 saturated heterocycles. The van der Waals surface area contributed by atoms with Crippen LogP contribution in [0.15, 0.2) is 12.2 Å². The summed E-state index contributed by atoms with van der Waals surface area (Å²) in [4.78, 5) is 0. The number of ether oxygens (including phenoxy) is 1. The van der Waals surface area contributed by atoms with E-state index in [-0.39, 0.29) is 5.60 Å². The Hall–Kier alpha value is -0.300. The van der Waals surface area contributed by atoms with Gasteiger partial charge in [-0.3, -0.25) is 0 Å². The molecule has 90 valence electrons. The van der Waals surface area contributed by atoms with E-state index in [0.29, 0.717) is 11.5 Å². The molecule has 0 aromatic carbocycles. The second-order valence-electron chi connectivity index (χ2n) is 6.85. The van der Waals surface area contributed by atoms with E-state index in [1.165, 1.54) is 37.7 Å². The van der Waals surface area contributed by atoms with Crippen molar-refractivity contribution in [3.05, 3.63) is 12.2 Å². The van der Waals surface area contributed by atoms with E-state index in [0.717, 1.165) is 11.8 Å².